The third kappa shape index (κ3) is 2.73. The number of benzene rings is 2. The summed E-state index contributed by atoms with van der Waals surface area (Å²) in [4.78, 5) is 39.9. The fraction of sp³-hybridized carbons (Fsp3) is 0.250. The number of anilines is 1. The highest BCUT2D eigenvalue weighted by atomic mass is 16.4. The number of likely N-dealkylation sites (tertiary alicyclic amines) is 1. The second-order valence-corrected chi connectivity index (χ2v) is 6.68. The fourth-order valence-corrected chi connectivity index (χ4v) is 3.85. The van der Waals surface area contributed by atoms with Crippen LogP contribution in [0.5, 0.6) is 0 Å². The number of carboxylic acid groups (broad SMARTS) is 1. The van der Waals surface area contributed by atoms with Gasteiger partial charge >= 0.3 is 5.97 Å². The van der Waals surface area contributed by atoms with Crippen molar-refractivity contribution in [1.29, 1.82) is 0 Å². The Morgan fingerprint density at radius 1 is 1.08 bits per heavy atom. The van der Waals surface area contributed by atoms with Gasteiger partial charge in [-0.3, -0.25) is 9.59 Å². The first-order valence-electron chi connectivity index (χ1n) is 8.54. The van der Waals surface area contributed by atoms with E-state index in [1.807, 2.05) is 30.3 Å². The number of fused-ring (bicyclic) bond motifs is 2. The monoisotopic (exact) mass is 350 g/mol. The summed E-state index contributed by atoms with van der Waals surface area (Å²) in [5.74, 6) is -1.20. The van der Waals surface area contributed by atoms with Gasteiger partial charge in [0, 0.05) is 12.2 Å². The summed E-state index contributed by atoms with van der Waals surface area (Å²) >= 11 is 0. The molecule has 2 aliphatic rings. The Bertz CT molecular complexity index is 880. The SMILES string of the molecule is O=C(O)c1cccc(N2C(=O)[C@@H]3C[C@H]2CN3C(=O)Cc2ccccc2)c1. The predicted molar refractivity (Wildman–Crippen MR) is 94.9 cm³/mol. The molecule has 2 aromatic carbocycles. The lowest BCUT2D eigenvalue weighted by molar-refractivity contribution is -0.137. The van der Waals surface area contributed by atoms with Crippen molar-refractivity contribution in [2.75, 3.05) is 11.4 Å². The number of carbonyl (C=O) groups is 3. The molecule has 2 amide bonds. The fourth-order valence-electron chi connectivity index (χ4n) is 3.85. The average molecular weight is 350 g/mol. The lowest BCUT2D eigenvalue weighted by Crippen LogP contribution is -2.52. The first-order chi connectivity index (χ1) is 12.5. The second kappa shape index (κ2) is 6.29. The van der Waals surface area contributed by atoms with Crippen molar-refractivity contribution in [3.05, 3.63) is 65.7 Å². The number of piperazine rings is 1. The molecule has 6 heteroatoms. The van der Waals surface area contributed by atoms with Gasteiger partial charge in [0.15, 0.2) is 0 Å². The third-order valence-electron chi connectivity index (χ3n) is 5.06. The van der Waals surface area contributed by atoms with E-state index in [2.05, 4.69) is 0 Å². The Hall–Kier alpha value is -3.15. The number of amides is 2. The van der Waals surface area contributed by atoms with Crippen LogP contribution >= 0.6 is 0 Å². The van der Waals surface area contributed by atoms with Gasteiger partial charge in [0.1, 0.15) is 6.04 Å². The van der Waals surface area contributed by atoms with Gasteiger partial charge in [-0.25, -0.2) is 4.79 Å². The number of hydrogen-bond acceptors (Lipinski definition) is 3. The predicted octanol–water partition coefficient (Wildman–Crippen LogP) is 1.94. The molecule has 1 N–H and O–H groups in total. The number of carbonyl (C=O) groups excluding carboxylic acids is 2. The number of nitrogens with zero attached hydrogens (tertiary/aromatic N) is 2. The molecule has 2 bridgehead atoms. The van der Waals surface area contributed by atoms with Gasteiger partial charge in [-0.15, -0.1) is 0 Å². The van der Waals surface area contributed by atoms with Crippen molar-refractivity contribution in [3.63, 3.8) is 0 Å². The largest absolute Gasteiger partial charge is 0.478 e. The van der Waals surface area contributed by atoms with Gasteiger partial charge in [0.05, 0.1) is 18.0 Å². The number of hydrogen-bond donors (Lipinski definition) is 1. The minimum atomic E-state index is -1.02. The molecule has 0 spiro atoms. The summed E-state index contributed by atoms with van der Waals surface area (Å²) in [6, 6.07) is 15.3. The summed E-state index contributed by atoms with van der Waals surface area (Å²) < 4.78 is 0. The van der Waals surface area contributed by atoms with Crippen molar-refractivity contribution in [2.24, 2.45) is 0 Å². The molecule has 6 nitrogen and oxygen atoms in total. The van der Waals surface area contributed by atoms with Gasteiger partial charge in [-0.05, 0) is 30.2 Å². The van der Waals surface area contributed by atoms with Crippen LogP contribution in [0, 0.1) is 0 Å². The molecule has 2 aromatic rings. The van der Waals surface area contributed by atoms with Crippen LogP contribution in [0.15, 0.2) is 54.6 Å². The molecule has 4 rings (SSSR count). The lowest BCUT2D eigenvalue weighted by Gasteiger charge is -2.34. The number of aromatic carboxylic acids is 1. The maximum Gasteiger partial charge on any atom is 0.335 e. The molecule has 2 heterocycles. The molecule has 0 aromatic heterocycles. The Kier molecular flexibility index (Phi) is 3.95. The average Bonchev–Trinajstić information content (AvgIpc) is 3.21. The van der Waals surface area contributed by atoms with Gasteiger partial charge < -0.3 is 14.9 Å². The van der Waals surface area contributed by atoms with E-state index in [1.165, 1.54) is 12.1 Å². The molecule has 26 heavy (non-hydrogen) atoms. The summed E-state index contributed by atoms with van der Waals surface area (Å²) in [6.45, 7) is 0.485. The lowest BCUT2D eigenvalue weighted by atomic mass is 10.1. The molecule has 132 valence electrons. The summed E-state index contributed by atoms with van der Waals surface area (Å²) in [5, 5.41) is 9.15. The van der Waals surface area contributed by atoms with Crippen molar-refractivity contribution >= 4 is 23.5 Å². The first kappa shape index (κ1) is 16.3. The number of rotatable bonds is 4. The maximum absolute atomic E-state index is 12.8. The van der Waals surface area contributed by atoms with Gasteiger partial charge in [-0.2, -0.15) is 0 Å². The molecule has 0 aliphatic carbocycles. The molecule has 2 atom stereocenters. The minimum Gasteiger partial charge on any atom is -0.478 e. The van der Waals surface area contributed by atoms with Crippen LogP contribution in [0.25, 0.3) is 0 Å². The molecule has 2 saturated heterocycles. The molecular formula is C20H18N2O4. The summed E-state index contributed by atoms with van der Waals surface area (Å²) in [6.07, 6.45) is 0.877. The standard InChI is InChI=1S/C20H18N2O4/c23-18(9-13-5-2-1-3-6-13)21-12-16-11-17(21)19(24)22(16)15-8-4-7-14(10-15)20(25)26/h1-8,10,16-17H,9,11-12H2,(H,25,26)/t16-,17-/m0/s1. The first-order valence-corrected chi connectivity index (χ1v) is 8.54. The Balaban J connectivity index is 1.51. The maximum atomic E-state index is 12.8. The normalized spacial score (nSPS) is 21.3. The molecule has 2 fully saturated rings. The van der Waals surface area contributed by atoms with Gasteiger partial charge in [-0.1, -0.05) is 36.4 Å². The Morgan fingerprint density at radius 3 is 2.54 bits per heavy atom. The van der Waals surface area contributed by atoms with E-state index in [4.69, 9.17) is 5.11 Å². The van der Waals surface area contributed by atoms with E-state index in [0.717, 1.165) is 5.56 Å². The van der Waals surface area contributed by atoms with Crippen LogP contribution in [-0.4, -0.2) is 46.4 Å². The molecule has 0 unspecified atom stereocenters. The van der Waals surface area contributed by atoms with Crippen LogP contribution in [0.3, 0.4) is 0 Å². The van der Waals surface area contributed by atoms with Crippen molar-refractivity contribution in [1.82, 2.24) is 4.90 Å². The molecular weight excluding hydrogens is 332 g/mol. The summed E-state index contributed by atoms with van der Waals surface area (Å²) in [7, 11) is 0. The van der Waals surface area contributed by atoms with Crippen LogP contribution in [0.4, 0.5) is 5.69 Å². The Labute approximate surface area is 150 Å². The van der Waals surface area contributed by atoms with Gasteiger partial charge in [0.25, 0.3) is 0 Å². The highest BCUT2D eigenvalue weighted by molar-refractivity contribution is 6.04. The van der Waals surface area contributed by atoms with E-state index >= 15 is 0 Å². The zero-order valence-electron chi connectivity index (χ0n) is 14.0. The van der Waals surface area contributed by atoms with E-state index in [9.17, 15) is 14.4 Å². The van der Waals surface area contributed by atoms with Crippen LogP contribution in [-0.2, 0) is 16.0 Å². The topological polar surface area (TPSA) is 77.9 Å². The van der Waals surface area contributed by atoms with Crippen LogP contribution in [0.1, 0.15) is 22.3 Å². The van der Waals surface area contributed by atoms with E-state index in [0.29, 0.717) is 18.7 Å². The van der Waals surface area contributed by atoms with E-state index < -0.39 is 12.0 Å². The smallest absolute Gasteiger partial charge is 0.335 e. The van der Waals surface area contributed by atoms with Gasteiger partial charge in [0.2, 0.25) is 11.8 Å². The molecule has 0 saturated carbocycles. The zero-order chi connectivity index (χ0) is 18.3. The third-order valence-corrected chi connectivity index (χ3v) is 5.06. The van der Waals surface area contributed by atoms with E-state index in [-0.39, 0.29) is 29.8 Å². The highest BCUT2D eigenvalue weighted by Gasteiger charge is 2.51. The molecule has 0 radical (unpaired) electrons. The molecule has 2 aliphatic heterocycles. The minimum absolute atomic E-state index is 0.0454. The summed E-state index contributed by atoms with van der Waals surface area (Å²) in [5.41, 5.74) is 1.66. The van der Waals surface area contributed by atoms with Crippen LogP contribution in [0.2, 0.25) is 0 Å². The van der Waals surface area contributed by atoms with Crippen molar-refractivity contribution in [3.8, 4) is 0 Å². The quantitative estimate of drug-likeness (QED) is 0.914. The van der Waals surface area contributed by atoms with E-state index in [1.54, 1.807) is 21.9 Å². The Morgan fingerprint density at radius 2 is 1.85 bits per heavy atom. The number of carboxylic acids is 1. The van der Waals surface area contributed by atoms with Crippen molar-refractivity contribution in [2.45, 2.75) is 24.9 Å². The highest BCUT2D eigenvalue weighted by Crippen LogP contribution is 2.36. The zero-order valence-corrected chi connectivity index (χ0v) is 14.0. The van der Waals surface area contributed by atoms with Crippen LogP contribution < -0.4 is 4.90 Å². The second-order valence-electron chi connectivity index (χ2n) is 6.68. The van der Waals surface area contributed by atoms with Crippen molar-refractivity contribution < 1.29 is 19.5 Å².